The molecule has 0 aliphatic heterocycles. The lowest BCUT2D eigenvalue weighted by atomic mass is 9.81. The number of carboxylic acids is 1. The fourth-order valence-electron chi connectivity index (χ4n) is 2.26. The van der Waals surface area contributed by atoms with Crippen LogP contribution in [0.2, 0.25) is 0 Å². The predicted molar refractivity (Wildman–Crippen MR) is 75.6 cm³/mol. The van der Waals surface area contributed by atoms with Crippen LogP contribution >= 0.6 is 0 Å². The molecule has 0 aromatic heterocycles. The zero-order valence-corrected chi connectivity index (χ0v) is 12.3. The smallest absolute Gasteiger partial charge is 0.303 e. The SMILES string of the molecule is Cc1cc(C)c(C(=O)CC(C)(C)CC(=O)O)cc1C. The number of benzene rings is 1. The van der Waals surface area contributed by atoms with Gasteiger partial charge in [-0.1, -0.05) is 19.9 Å². The van der Waals surface area contributed by atoms with Crippen molar-refractivity contribution in [1.29, 1.82) is 0 Å². The van der Waals surface area contributed by atoms with Crippen LogP contribution in [-0.4, -0.2) is 16.9 Å². The zero-order chi connectivity index (χ0) is 14.8. The first kappa shape index (κ1) is 15.4. The Labute approximate surface area is 114 Å². The van der Waals surface area contributed by atoms with Gasteiger partial charge in [-0.2, -0.15) is 0 Å². The number of aliphatic carboxylic acids is 1. The molecule has 0 spiro atoms. The molecule has 0 radical (unpaired) electrons. The van der Waals surface area contributed by atoms with E-state index in [-0.39, 0.29) is 18.6 Å². The number of carboxylic acid groups (broad SMARTS) is 1. The van der Waals surface area contributed by atoms with E-state index in [9.17, 15) is 9.59 Å². The molecule has 0 fully saturated rings. The topological polar surface area (TPSA) is 54.4 Å². The normalized spacial score (nSPS) is 11.4. The maximum atomic E-state index is 12.3. The monoisotopic (exact) mass is 262 g/mol. The Morgan fingerprint density at radius 2 is 1.53 bits per heavy atom. The van der Waals surface area contributed by atoms with Gasteiger partial charge in [0.1, 0.15) is 0 Å². The fraction of sp³-hybridized carbons (Fsp3) is 0.500. The first-order chi connectivity index (χ1) is 8.62. The van der Waals surface area contributed by atoms with E-state index < -0.39 is 11.4 Å². The maximum absolute atomic E-state index is 12.3. The third kappa shape index (κ3) is 4.19. The lowest BCUT2D eigenvalue weighted by Gasteiger charge is -2.22. The number of ketones is 1. The molecule has 0 atom stereocenters. The Balaban J connectivity index is 2.96. The summed E-state index contributed by atoms with van der Waals surface area (Å²) in [6.07, 6.45) is 0.255. The summed E-state index contributed by atoms with van der Waals surface area (Å²) in [6, 6.07) is 3.91. The minimum absolute atomic E-state index is 0.00261. The third-order valence-electron chi connectivity index (χ3n) is 3.41. The van der Waals surface area contributed by atoms with Crippen molar-refractivity contribution in [3.05, 3.63) is 34.4 Å². The van der Waals surface area contributed by atoms with Gasteiger partial charge in [-0.25, -0.2) is 0 Å². The van der Waals surface area contributed by atoms with Crippen LogP contribution in [-0.2, 0) is 4.79 Å². The number of carbonyl (C=O) groups excluding carboxylic acids is 1. The lowest BCUT2D eigenvalue weighted by molar-refractivity contribution is -0.139. The van der Waals surface area contributed by atoms with Crippen molar-refractivity contribution < 1.29 is 14.7 Å². The Hall–Kier alpha value is -1.64. The molecule has 104 valence electrons. The molecule has 3 heteroatoms. The molecule has 0 unspecified atom stereocenters. The molecule has 0 aliphatic carbocycles. The number of hydrogen-bond donors (Lipinski definition) is 1. The van der Waals surface area contributed by atoms with Crippen molar-refractivity contribution in [2.45, 2.75) is 47.5 Å². The minimum atomic E-state index is -0.866. The quantitative estimate of drug-likeness (QED) is 0.823. The van der Waals surface area contributed by atoms with Crippen LogP contribution in [0, 0.1) is 26.2 Å². The second-order valence-electron chi connectivity index (χ2n) is 6.09. The van der Waals surface area contributed by atoms with E-state index in [0.717, 1.165) is 11.1 Å². The molecule has 0 aliphatic rings. The molecule has 0 saturated carbocycles. The van der Waals surface area contributed by atoms with Crippen molar-refractivity contribution in [3.63, 3.8) is 0 Å². The summed E-state index contributed by atoms with van der Waals surface area (Å²) >= 11 is 0. The maximum Gasteiger partial charge on any atom is 0.303 e. The Morgan fingerprint density at radius 1 is 1.00 bits per heavy atom. The summed E-state index contributed by atoms with van der Waals surface area (Å²) in [5.74, 6) is -0.846. The summed E-state index contributed by atoms with van der Waals surface area (Å²) in [4.78, 5) is 23.1. The van der Waals surface area contributed by atoms with E-state index in [0.29, 0.717) is 5.56 Å². The van der Waals surface area contributed by atoms with Gasteiger partial charge in [0.25, 0.3) is 0 Å². The summed E-state index contributed by atoms with van der Waals surface area (Å²) in [7, 11) is 0. The molecule has 1 N–H and O–H groups in total. The molecule has 0 amide bonds. The summed E-state index contributed by atoms with van der Waals surface area (Å²) in [5.41, 5.74) is 3.40. The van der Waals surface area contributed by atoms with E-state index >= 15 is 0 Å². The predicted octanol–water partition coefficient (Wildman–Crippen LogP) is 3.69. The third-order valence-corrected chi connectivity index (χ3v) is 3.41. The van der Waals surface area contributed by atoms with Crippen LogP contribution in [0.4, 0.5) is 0 Å². The Bertz CT molecular complexity index is 513. The van der Waals surface area contributed by atoms with Gasteiger partial charge in [0.05, 0.1) is 6.42 Å². The number of rotatable bonds is 5. The Kier molecular flexibility index (Phi) is 4.51. The number of aryl methyl sites for hydroxylation is 3. The van der Waals surface area contributed by atoms with Crippen LogP contribution < -0.4 is 0 Å². The van der Waals surface area contributed by atoms with E-state index in [1.54, 1.807) is 0 Å². The molecule has 0 bridgehead atoms. The van der Waals surface area contributed by atoms with Crippen molar-refractivity contribution in [1.82, 2.24) is 0 Å². The van der Waals surface area contributed by atoms with Gasteiger partial charge >= 0.3 is 5.97 Å². The molecule has 1 aromatic rings. The molecule has 0 heterocycles. The lowest BCUT2D eigenvalue weighted by Crippen LogP contribution is -2.21. The molecule has 19 heavy (non-hydrogen) atoms. The van der Waals surface area contributed by atoms with Gasteiger partial charge in [0.15, 0.2) is 5.78 Å². The summed E-state index contributed by atoms with van der Waals surface area (Å²) < 4.78 is 0. The standard InChI is InChI=1S/C16H22O3/c1-10-6-12(3)13(7-11(10)2)14(17)8-16(4,5)9-15(18)19/h6-7H,8-9H2,1-5H3,(H,18,19). The number of carbonyl (C=O) groups is 2. The molecule has 1 aromatic carbocycles. The Morgan fingerprint density at radius 3 is 2.05 bits per heavy atom. The van der Waals surface area contributed by atoms with Gasteiger partial charge in [-0.3, -0.25) is 9.59 Å². The summed E-state index contributed by atoms with van der Waals surface area (Å²) in [6.45, 7) is 9.55. The average Bonchev–Trinajstić information content (AvgIpc) is 2.20. The largest absolute Gasteiger partial charge is 0.481 e. The van der Waals surface area contributed by atoms with Crippen molar-refractivity contribution >= 4 is 11.8 Å². The number of Topliss-reactive ketones (excluding diaryl/α,β-unsaturated/α-hetero) is 1. The van der Waals surface area contributed by atoms with Gasteiger partial charge < -0.3 is 5.11 Å². The van der Waals surface area contributed by atoms with E-state index in [2.05, 4.69) is 0 Å². The second-order valence-corrected chi connectivity index (χ2v) is 6.09. The van der Waals surface area contributed by atoms with Crippen LogP contribution in [0.1, 0.15) is 53.7 Å². The first-order valence-electron chi connectivity index (χ1n) is 6.45. The minimum Gasteiger partial charge on any atom is -0.481 e. The zero-order valence-electron chi connectivity index (χ0n) is 12.3. The summed E-state index contributed by atoms with van der Waals surface area (Å²) in [5, 5.41) is 8.86. The van der Waals surface area contributed by atoms with Gasteiger partial charge in [-0.15, -0.1) is 0 Å². The average molecular weight is 262 g/mol. The van der Waals surface area contributed by atoms with E-state index in [1.807, 2.05) is 46.8 Å². The van der Waals surface area contributed by atoms with Crippen LogP contribution in [0.5, 0.6) is 0 Å². The van der Waals surface area contributed by atoms with Crippen molar-refractivity contribution in [3.8, 4) is 0 Å². The van der Waals surface area contributed by atoms with Gasteiger partial charge in [0.2, 0.25) is 0 Å². The van der Waals surface area contributed by atoms with E-state index in [1.165, 1.54) is 5.56 Å². The van der Waals surface area contributed by atoms with Crippen LogP contribution in [0.3, 0.4) is 0 Å². The first-order valence-corrected chi connectivity index (χ1v) is 6.45. The molecule has 3 nitrogen and oxygen atoms in total. The van der Waals surface area contributed by atoms with Crippen molar-refractivity contribution in [2.75, 3.05) is 0 Å². The highest BCUT2D eigenvalue weighted by Crippen LogP contribution is 2.28. The van der Waals surface area contributed by atoms with Crippen molar-refractivity contribution in [2.24, 2.45) is 5.41 Å². The molecular formula is C16H22O3. The van der Waals surface area contributed by atoms with Crippen LogP contribution in [0.15, 0.2) is 12.1 Å². The fourth-order valence-corrected chi connectivity index (χ4v) is 2.26. The highest BCUT2D eigenvalue weighted by molar-refractivity contribution is 5.98. The molecular weight excluding hydrogens is 240 g/mol. The molecule has 0 saturated heterocycles. The second kappa shape index (κ2) is 5.55. The van der Waals surface area contributed by atoms with Crippen LogP contribution in [0.25, 0.3) is 0 Å². The highest BCUT2D eigenvalue weighted by Gasteiger charge is 2.26. The van der Waals surface area contributed by atoms with E-state index in [4.69, 9.17) is 5.11 Å². The number of hydrogen-bond acceptors (Lipinski definition) is 2. The highest BCUT2D eigenvalue weighted by atomic mass is 16.4. The molecule has 1 rings (SSSR count). The van der Waals surface area contributed by atoms with Gasteiger partial charge in [-0.05, 0) is 48.9 Å². The van der Waals surface area contributed by atoms with Gasteiger partial charge in [0, 0.05) is 12.0 Å².